The van der Waals surface area contributed by atoms with Gasteiger partial charge in [-0.3, -0.25) is 9.71 Å². The van der Waals surface area contributed by atoms with E-state index < -0.39 is 16.1 Å². The molecule has 0 saturated heterocycles. The Morgan fingerprint density at radius 2 is 1.96 bits per heavy atom. The zero-order chi connectivity index (χ0) is 17.9. The molecule has 3 aromatic rings. The standard InChI is InChI=1S/C18H15N3O3S/c1-13(12-19)24-18-7-3-2-6-17(18)21-25(22,23)15-8-9-16-14(11-15)5-4-10-20-16/h2-11,13,21H,1H3. The molecule has 1 N–H and O–H groups in total. The molecule has 1 heterocycles. The SMILES string of the molecule is CC(C#N)Oc1ccccc1NS(=O)(=O)c1ccc2ncccc2c1. The number of hydrogen-bond donors (Lipinski definition) is 1. The maximum Gasteiger partial charge on any atom is 0.262 e. The molecule has 0 aliphatic carbocycles. The summed E-state index contributed by atoms with van der Waals surface area (Å²) < 4.78 is 33.4. The van der Waals surface area contributed by atoms with Gasteiger partial charge in [0.2, 0.25) is 0 Å². The number of aromatic nitrogens is 1. The van der Waals surface area contributed by atoms with E-state index in [0.29, 0.717) is 11.3 Å². The van der Waals surface area contributed by atoms with E-state index in [-0.39, 0.29) is 10.6 Å². The second-order valence-corrected chi connectivity index (χ2v) is 7.03. The van der Waals surface area contributed by atoms with Crippen molar-refractivity contribution in [1.29, 1.82) is 5.26 Å². The molecule has 0 bridgehead atoms. The molecule has 6 nitrogen and oxygen atoms in total. The van der Waals surface area contributed by atoms with Gasteiger partial charge in [0.05, 0.1) is 16.1 Å². The predicted molar refractivity (Wildman–Crippen MR) is 94.7 cm³/mol. The number of nitrogens with one attached hydrogen (secondary N) is 1. The van der Waals surface area contributed by atoms with E-state index in [1.54, 1.807) is 61.7 Å². The van der Waals surface area contributed by atoms with Crippen LogP contribution in [0.3, 0.4) is 0 Å². The average Bonchev–Trinajstić information content (AvgIpc) is 2.62. The molecule has 0 spiro atoms. The van der Waals surface area contributed by atoms with Gasteiger partial charge in [0.25, 0.3) is 10.0 Å². The lowest BCUT2D eigenvalue weighted by molar-refractivity contribution is 0.278. The Hall–Kier alpha value is -3.11. The first-order chi connectivity index (χ1) is 12.0. The summed E-state index contributed by atoms with van der Waals surface area (Å²) in [6, 6.07) is 16.8. The lowest BCUT2D eigenvalue weighted by Gasteiger charge is -2.14. The highest BCUT2D eigenvalue weighted by molar-refractivity contribution is 7.92. The Balaban J connectivity index is 1.95. The molecule has 1 atom stereocenters. The summed E-state index contributed by atoms with van der Waals surface area (Å²) in [4.78, 5) is 4.30. The second-order valence-electron chi connectivity index (χ2n) is 5.35. The largest absolute Gasteiger partial charge is 0.474 e. The van der Waals surface area contributed by atoms with Gasteiger partial charge >= 0.3 is 0 Å². The van der Waals surface area contributed by atoms with Crippen molar-refractivity contribution in [3.63, 3.8) is 0 Å². The van der Waals surface area contributed by atoms with E-state index >= 15 is 0 Å². The fourth-order valence-electron chi connectivity index (χ4n) is 2.30. The van der Waals surface area contributed by atoms with Gasteiger partial charge in [-0.2, -0.15) is 5.26 Å². The molecule has 126 valence electrons. The van der Waals surface area contributed by atoms with Crippen LogP contribution < -0.4 is 9.46 Å². The van der Waals surface area contributed by atoms with Crippen molar-refractivity contribution in [2.24, 2.45) is 0 Å². The third-order valence-corrected chi connectivity index (χ3v) is 4.86. The van der Waals surface area contributed by atoms with Crippen molar-refractivity contribution in [1.82, 2.24) is 4.98 Å². The molecule has 3 rings (SSSR count). The third-order valence-electron chi connectivity index (χ3n) is 3.50. The van der Waals surface area contributed by atoms with Gasteiger partial charge in [-0.15, -0.1) is 0 Å². The highest BCUT2D eigenvalue weighted by Gasteiger charge is 2.18. The van der Waals surface area contributed by atoms with Gasteiger partial charge in [0.15, 0.2) is 6.10 Å². The first-order valence-corrected chi connectivity index (χ1v) is 9.01. The van der Waals surface area contributed by atoms with Crippen LogP contribution in [0.1, 0.15) is 6.92 Å². The molecule has 25 heavy (non-hydrogen) atoms. The number of ether oxygens (including phenoxy) is 1. The highest BCUT2D eigenvalue weighted by atomic mass is 32.2. The number of benzene rings is 2. The number of anilines is 1. The summed E-state index contributed by atoms with van der Waals surface area (Å²) in [6.07, 6.45) is 0.955. The van der Waals surface area contributed by atoms with Crippen LogP contribution in [-0.4, -0.2) is 19.5 Å². The van der Waals surface area contributed by atoms with E-state index in [1.165, 1.54) is 6.07 Å². The van der Waals surface area contributed by atoms with E-state index in [0.717, 1.165) is 5.39 Å². The Bertz CT molecular complexity index is 1060. The summed E-state index contributed by atoms with van der Waals surface area (Å²) in [6.45, 7) is 1.58. The van der Waals surface area contributed by atoms with Gasteiger partial charge in [0, 0.05) is 11.6 Å². The van der Waals surface area contributed by atoms with Crippen LogP contribution in [0.15, 0.2) is 65.7 Å². The molecular weight excluding hydrogens is 338 g/mol. The monoisotopic (exact) mass is 353 g/mol. The van der Waals surface area contributed by atoms with Gasteiger partial charge in [-0.05, 0) is 43.3 Å². The minimum absolute atomic E-state index is 0.121. The number of rotatable bonds is 5. The van der Waals surface area contributed by atoms with Crippen molar-refractivity contribution >= 4 is 26.6 Å². The predicted octanol–water partition coefficient (Wildman–Crippen LogP) is 3.33. The zero-order valence-corrected chi connectivity index (χ0v) is 14.2. The van der Waals surface area contributed by atoms with Crippen LogP contribution in [0.5, 0.6) is 5.75 Å². The smallest absolute Gasteiger partial charge is 0.262 e. The summed E-state index contributed by atoms with van der Waals surface area (Å²) in [5.41, 5.74) is 0.990. The molecule has 0 radical (unpaired) electrons. The topological polar surface area (TPSA) is 92.1 Å². The summed E-state index contributed by atoms with van der Waals surface area (Å²) in [5, 5.41) is 9.61. The third kappa shape index (κ3) is 3.70. The quantitative estimate of drug-likeness (QED) is 0.759. The minimum atomic E-state index is -3.81. The van der Waals surface area contributed by atoms with Crippen LogP contribution in [0.25, 0.3) is 10.9 Å². The Labute approximate surface area is 145 Å². The van der Waals surface area contributed by atoms with E-state index in [9.17, 15) is 8.42 Å². The average molecular weight is 353 g/mol. The summed E-state index contributed by atoms with van der Waals surface area (Å²) in [7, 11) is -3.81. The molecule has 0 amide bonds. The van der Waals surface area contributed by atoms with Crippen molar-refractivity contribution in [2.75, 3.05) is 4.72 Å². The maximum atomic E-state index is 12.7. The molecule has 1 aromatic heterocycles. The van der Waals surface area contributed by atoms with Crippen LogP contribution in [-0.2, 0) is 10.0 Å². The van der Waals surface area contributed by atoms with Crippen molar-refractivity contribution in [2.45, 2.75) is 17.9 Å². The lowest BCUT2D eigenvalue weighted by Crippen LogP contribution is -2.15. The van der Waals surface area contributed by atoms with Crippen LogP contribution in [0.2, 0.25) is 0 Å². The number of pyridine rings is 1. The number of fused-ring (bicyclic) bond motifs is 1. The number of nitriles is 1. The van der Waals surface area contributed by atoms with E-state index in [2.05, 4.69) is 9.71 Å². The fourth-order valence-corrected chi connectivity index (χ4v) is 3.40. The maximum absolute atomic E-state index is 12.7. The molecule has 7 heteroatoms. The summed E-state index contributed by atoms with van der Waals surface area (Å²) >= 11 is 0. The molecule has 0 aliphatic rings. The van der Waals surface area contributed by atoms with Crippen LogP contribution in [0.4, 0.5) is 5.69 Å². The van der Waals surface area contributed by atoms with Gasteiger partial charge in [-0.25, -0.2) is 8.42 Å². The number of sulfonamides is 1. The van der Waals surface area contributed by atoms with Crippen molar-refractivity contribution in [3.05, 3.63) is 60.8 Å². The molecule has 0 fully saturated rings. The van der Waals surface area contributed by atoms with Crippen LogP contribution >= 0.6 is 0 Å². The molecular formula is C18H15N3O3S. The Kier molecular flexibility index (Phi) is 4.55. The molecule has 0 saturated carbocycles. The molecule has 1 unspecified atom stereocenters. The molecule has 0 aliphatic heterocycles. The van der Waals surface area contributed by atoms with Crippen molar-refractivity contribution < 1.29 is 13.2 Å². The normalized spacial score (nSPS) is 12.3. The van der Waals surface area contributed by atoms with E-state index in [4.69, 9.17) is 10.00 Å². The van der Waals surface area contributed by atoms with Gasteiger partial charge in [-0.1, -0.05) is 18.2 Å². The first kappa shape index (κ1) is 16.7. The lowest BCUT2D eigenvalue weighted by atomic mass is 10.2. The molecule has 2 aromatic carbocycles. The Morgan fingerprint density at radius 3 is 2.76 bits per heavy atom. The number of nitrogens with zero attached hydrogens (tertiary/aromatic N) is 2. The highest BCUT2D eigenvalue weighted by Crippen LogP contribution is 2.28. The van der Waals surface area contributed by atoms with Crippen molar-refractivity contribution in [3.8, 4) is 11.8 Å². The first-order valence-electron chi connectivity index (χ1n) is 7.52. The van der Waals surface area contributed by atoms with Crippen LogP contribution in [0, 0.1) is 11.3 Å². The fraction of sp³-hybridized carbons (Fsp3) is 0.111. The zero-order valence-electron chi connectivity index (χ0n) is 13.4. The number of hydrogen-bond acceptors (Lipinski definition) is 5. The Morgan fingerprint density at radius 1 is 1.16 bits per heavy atom. The van der Waals surface area contributed by atoms with E-state index in [1.807, 2.05) is 6.07 Å². The minimum Gasteiger partial charge on any atom is -0.474 e. The number of para-hydroxylation sites is 2. The second kappa shape index (κ2) is 6.79. The van der Waals surface area contributed by atoms with Gasteiger partial charge in [0.1, 0.15) is 11.8 Å². The summed E-state index contributed by atoms with van der Waals surface area (Å²) in [5.74, 6) is 0.294. The van der Waals surface area contributed by atoms with Gasteiger partial charge < -0.3 is 4.74 Å².